The predicted molar refractivity (Wildman–Crippen MR) is 109 cm³/mol. The Balaban J connectivity index is 2.40. The minimum Gasteiger partial charge on any atom is -0.469 e. The average Bonchev–Trinajstić information content (AvgIpc) is 2.65. The third-order valence-corrected chi connectivity index (χ3v) is 5.90. The van der Waals surface area contributed by atoms with Crippen molar-refractivity contribution >= 4 is 43.6 Å². The first-order valence-electron chi connectivity index (χ1n) is 8.29. The molecule has 2 rings (SSSR count). The molecule has 29 heavy (non-hydrogen) atoms. The smallest absolute Gasteiger partial charge is 0.338 e. The first kappa shape index (κ1) is 22.8. The monoisotopic (exact) mass is 487 g/mol. The Bertz CT molecular complexity index is 1050. The Morgan fingerprint density at radius 2 is 1.83 bits per heavy atom. The van der Waals surface area contributed by atoms with E-state index in [9.17, 15) is 22.4 Å². The minimum atomic E-state index is -4.03. The molecular formula is C19H19BrFNO6S. The molecule has 0 bridgehead atoms. The number of carbonyl (C=O) groups is 2. The first-order valence-corrected chi connectivity index (χ1v) is 10.7. The largest absolute Gasteiger partial charge is 0.469 e. The van der Waals surface area contributed by atoms with E-state index in [0.717, 1.165) is 24.8 Å². The van der Waals surface area contributed by atoms with Gasteiger partial charge in [-0.15, -0.1) is 0 Å². The van der Waals surface area contributed by atoms with Gasteiger partial charge in [-0.25, -0.2) is 17.6 Å². The van der Waals surface area contributed by atoms with Gasteiger partial charge in [-0.3, -0.25) is 9.52 Å². The Morgan fingerprint density at radius 1 is 1.14 bits per heavy atom. The van der Waals surface area contributed by atoms with Crippen molar-refractivity contribution in [3.05, 3.63) is 62.9 Å². The number of sulfonamides is 1. The van der Waals surface area contributed by atoms with Crippen molar-refractivity contribution in [3.8, 4) is 0 Å². The number of carbonyl (C=O) groups excluding carboxylic acids is 2. The van der Waals surface area contributed by atoms with Gasteiger partial charge < -0.3 is 9.47 Å². The van der Waals surface area contributed by atoms with E-state index >= 15 is 0 Å². The molecule has 0 saturated heterocycles. The second-order valence-electron chi connectivity index (χ2n) is 6.18. The molecular weight excluding hydrogens is 469 g/mol. The maximum Gasteiger partial charge on any atom is 0.338 e. The van der Waals surface area contributed by atoms with Crippen molar-refractivity contribution in [1.29, 1.82) is 0 Å². The molecule has 0 aromatic heterocycles. The van der Waals surface area contributed by atoms with E-state index in [0.29, 0.717) is 5.56 Å². The van der Waals surface area contributed by atoms with Crippen LogP contribution in [0.15, 0.2) is 34.8 Å². The molecule has 156 valence electrons. The Hall–Kier alpha value is -2.46. The van der Waals surface area contributed by atoms with Crippen molar-refractivity contribution < 1.29 is 31.9 Å². The van der Waals surface area contributed by atoms with Crippen LogP contribution in [0.4, 0.5) is 10.1 Å². The lowest BCUT2D eigenvalue weighted by atomic mass is 10.1. The van der Waals surface area contributed by atoms with Gasteiger partial charge in [0, 0.05) is 4.47 Å². The van der Waals surface area contributed by atoms with E-state index < -0.39 is 33.5 Å². The van der Waals surface area contributed by atoms with E-state index in [2.05, 4.69) is 30.1 Å². The van der Waals surface area contributed by atoms with Crippen molar-refractivity contribution in [2.45, 2.75) is 19.1 Å². The number of esters is 2. The molecule has 0 radical (unpaired) electrons. The molecule has 0 heterocycles. The first-order chi connectivity index (χ1) is 13.6. The number of hydrogen-bond acceptors (Lipinski definition) is 6. The van der Waals surface area contributed by atoms with Gasteiger partial charge in [-0.1, -0.05) is 33.6 Å². The molecule has 0 spiro atoms. The fourth-order valence-corrected chi connectivity index (χ4v) is 4.69. The molecule has 0 saturated carbocycles. The second kappa shape index (κ2) is 9.36. The quantitative estimate of drug-likeness (QED) is 0.601. The third kappa shape index (κ3) is 6.01. The number of methoxy groups -OCH3 is 2. The van der Waals surface area contributed by atoms with E-state index in [1.165, 1.54) is 13.2 Å². The number of ether oxygens (including phenoxy) is 2. The van der Waals surface area contributed by atoms with Gasteiger partial charge in [0.15, 0.2) is 0 Å². The lowest BCUT2D eigenvalue weighted by molar-refractivity contribution is -0.139. The summed E-state index contributed by atoms with van der Waals surface area (Å²) in [5.41, 5.74) is 1.32. The van der Waals surface area contributed by atoms with Gasteiger partial charge in [0.25, 0.3) is 0 Å². The van der Waals surface area contributed by atoms with Gasteiger partial charge in [-0.05, 0) is 36.2 Å². The normalized spacial score (nSPS) is 11.1. The maximum atomic E-state index is 13.7. The highest BCUT2D eigenvalue weighted by Crippen LogP contribution is 2.27. The number of benzene rings is 2. The number of aryl methyl sites for hydroxylation is 1. The van der Waals surface area contributed by atoms with Gasteiger partial charge in [0.1, 0.15) is 5.82 Å². The topological polar surface area (TPSA) is 98.8 Å². The number of anilines is 1. The number of nitrogens with one attached hydrogen (secondary N) is 1. The number of rotatable bonds is 7. The summed E-state index contributed by atoms with van der Waals surface area (Å²) in [4.78, 5) is 23.6. The van der Waals surface area contributed by atoms with Crippen LogP contribution in [0.1, 0.15) is 27.0 Å². The standard InChI is InChI=1S/C19H19BrFNO6S/c1-11-4-5-17(12(6-11)7-18(23)27-2)22-29(25,26)10-15-14(19(24)28-3)8-13(21)9-16(15)20/h4-6,8-9,22H,7,10H2,1-3H3. The lowest BCUT2D eigenvalue weighted by Crippen LogP contribution is -2.19. The van der Waals surface area contributed by atoms with Crippen LogP contribution in [-0.2, 0) is 36.5 Å². The summed E-state index contributed by atoms with van der Waals surface area (Å²) in [5.74, 6) is -2.73. The molecule has 10 heteroatoms. The van der Waals surface area contributed by atoms with Crippen LogP contribution >= 0.6 is 15.9 Å². The van der Waals surface area contributed by atoms with Crippen LogP contribution in [-0.4, -0.2) is 34.6 Å². The zero-order chi connectivity index (χ0) is 21.8. The highest BCUT2D eigenvalue weighted by Gasteiger charge is 2.23. The molecule has 0 amide bonds. The van der Waals surface area contributed by atoms with Crippen molar-refractivity contribution in [3.63, 3.8) is 0 Å². The molecule has 0 unspecified atom stereocenters. The molecule has 0 atom stereocenters. The van der Waals surface area contributed by atoms with E-state index in [1.54, 1.807) is 19.1 Å². The second-order valence-corrected chi connectivity index (χ2v) is 8.76. The van der Waals surface area contributed by atoms with Gasteiger partial charge >= 0.3 is 11.9 Å². The predicted octanol–water partition coefficient (Wildman–Crippen LogP) is 3.34. The summed E-state index contributed by atoms with van der Waals surface area (Å²) < 4.78 is 51.0. The summed E-state index contributed by atoms with van der Waals surface area (Å²) in [5, 5.41) is 0. The molecule has 2 aromatic carbocycles. The molecule has 7 nitrogen and oxygen atoms in total. The maximum absolute atomic E-state index is 13.7. The number of halogens is 2. The van der Waals surface area contributed by atoms with Crippen LogP contribution in [0, 0.1) is 12.7 Å². The van der Waals surface area contributed by atoms with E-state index in [1.807, 2.05) is 0 Å². The zero-order valence-electron chi connectivity index (χ0n) is 15.9. The molecule has 1 N–H and O–H groups in total. The highest BCUT2D eigenvalue weighted by molar-refractivity contribution is 9.10. The summed E-state index contributed by atoms with van der Waals surface area (Å²) >= 11 is 3.10. The zero-order valence-corrected chi connectivity index (χ0v) is 18.3. The van der Waals surface area contributed by atoms with E-state index in [-0.39, 0.29) is 27.7 Å². The fourth-order valence-electron chi connectivity index (χ4n) is 2.63. The van der Waals surface area contributed by atoms with Gasteiger partial charge in [-0.2, -0.15) is 0 Å². The Labute approximate surface area is 176 Å². The Morgan fingerprint density at radius 3 is 2.45 bits per heavy atom. The Kier molecular flexibility index (Phi) is 7.37. The van der Waals surface area contributed by atoms with Crippen molar-refractivity contribution in [2.75, 3.05) is 18.9 Å². The van der Waals surface area contributed by atoms with Gasteiger partial charge in [0.2, 0.25) is 10.0 Å². The van der Waals surface area contributed by atoms with Gasteiger partial charge in [0.05, 0.1) is 37.6 Å². The molecule has 0 aliphatic heterocycles. The number of hydrogen-bond donors (Lipinski definition) is 1. The van der Waals surface area contributed by atoms with E-state index in [4.69, 9.17) is 0 Å². The summed E-state index contributed by atoms with van der Waals surface area (Å²) in [6, 6.07) is 6.86. The summed E-state index contributed by atoms with van der Waals surface area (Å²) in [7, 11) is -1.67. The van der Waals surface area contributed by atoms with Crippen LogP contribution in [0.5, 0.6) is 0 Å². The highest BCUT2D eigenvalue weighted by atomic mass is 79.9. The molecule has 0 aliphatic rings. The summed E-state index contributed by atoms with van der Waals surface area (Å²) in [6.07, 6.45) is -0.121. The minimum absolute atomic E-state index is 0.0485. The van der Waals surface area contributed by atoms with Crippen molar-refractivity contribution in [1.82, 2.24) is 0 Å². The fraction of sp³-hybridized carbons (Fsp3) is 0.263. The van der Waals surface area contributed by atoms with Crippen LogP contribution in [0.25, 0.3) is 0 Å². The molecule has 0 fully saturated rings. The van der Waals surface area contributed by atoms with Crippen LogP contribution < -0.4 is 4.72 Å². The lowest BCUT2D eigenvalue weighted by Gasteiger charge is -2.15. The molecule has 0 aliphatic carbocycles. The molecule has 2 aromatic rings. The average molecular weight is 488 g/mol. The SMILES string of the molecule is COC(=O)Cc1cc(C)ccc1NS(=O)(=O)Cc1c(Br)cc(F)cc1C(=O)OC. The third-order valence-electron chi connectivity index (χ3n) is 3.99. The summed E-state index contributed by atoms with van der Waals surface area (Å²) in [6.45, 7) is 1.80. The van der Waals surface area contributed by atoms with Crippen molar-refractivity contribution in [2.24, 2.45) is 0 Å². The van der Waals surface area contributed by atoms with Crippen LogP contribution in [0.2, 0.25) is 0 Å². The van der Waals surface area contributed by atoms with Crippen LogP contribution in [0.3, 0.4) is 0 Å².